The number of carbonyl (C=O) groups excluding carboxylic acids is 1. The molecule has 4 heterocycles. The van der Waals surface area contributed by atoms with Crippen LogP contribution in [0.2, 0.25) is 0 Å². The number of aromatic nitrogens is 3. The van der Waals surface area contributed by atoms with Crippen LogP contribution < -0.4 is 11.1 Å². The van der Waals surface area contributed by atoms with Crippen molar-refractivity contribution in [3.05, 3.63) is 50.7 Å². The monoisotopic (exact) mass is 372 g/mol. The summed E-state index contributed by atoms with van der Waals surface area (Å²) in [6.07, 6.45) is 4.21. The van der Waals surface area contributed by atoms with Crippen molar-refractivity contribution in [2.24, 2.45) is 5.92 Å². The topological polar surface area (TPSA) is 99.6 Å². The summed E-state index contributed by atoms with van der Waals surface area (Å²) >= 11 is 0. The summed E-state index contributed by atoms with van der Waals surface area (Å²) in [4.78, 5) is 39.2. The maximum atomic E-state index is 12.6. The molecule has 2 fully saturated rings. The van der Waals surface area contributed by atoms with E-state index in [2.05, 4.69) is 5.10 Å². The van der Waals surface area contributed by atoms with Crippen LogP contribution >= 0.6 is 0 Å². The minimum absolute atomic E-state index is 0.156. The second-order valence-electron chi connectivity index (χ2n) is 7.66. The van der Waals surface area contributed by atoms with Gasteiger partial charge >= 0.3 is 11.1 Å². The van der Waals surface area contributed by atoms with Gasteiger partial charge in [-0.1, -0.05) is 0 Å². The summed E-state index contributed by atoms with van der Waals surface area (Å²) < 4.78 is 14.0. The first kappa shape index (κ1) is 16.5. The van der Waals surface area contributed by atoms with E-state index < -0.39 is 16.7 Å². The van der Waals surface area contributed by atoms with E-state index in [0.717, 1.165) is 12.8 Å². The molecule has 9 heteroatoms. The molecule has 1 saturated carbocycles. The second kappa shape index (κ2) is 5.91. The fourth-order valence-electron chi connectivity index (χ4n) is 3.89. The molecular formula is C18H20N4O5. The Bertz CT molecular complexity index is 1000. The molecule has 1 aliphatic carbocycles. The van der Waals surface area contributed by atoms with E-state index in [1.54, 1.807) is 17.0 Å². The summed E-state index contributed by atoms with van der Waals surface area (Å²) in [6, 6.07) is 3.30. The lowest BCUT2D eigenvalue weighted by Gasteiger charge is -2.35. The molecule has 1 amide bonds. The van der Waals surface area contributed by atoms with Crippen molar-refractivity contribution in [1.82, 2.24) is 19.2 Å². The smallest absolute Gasteiger partial charge is 0.332 e. The third-order valence-corrected chi connectivity index (χ3v) is 5.63. The van der Waals surface area contributed by atoms with Crippen molar-refractivity contribution in [2.45, 2.75) is 44.6 Å². The molecule has 142 valence electrons. The van der Waals surface area contributed by atoms with Gasteiger partial charge in [0.15, 0.2) is 11.6 Å². The zero-order valence-corrected chi connectivity index (χ0v) is 14.8. The van der Waals surface area contributed by atoms with Crippen LogP contribution in [0.15, 0.2) is 32.4 Å². The first-order valence-corrected chi connectivity index (χ1v) is 9.22. The highest BCUT2D eigenvalue weighted by Gasteiger charge is 2.45. The van der Waals surface area contributed by atoms with Crippen LogP contribution in [-0.4, -0.2) is 43.8 Å². The van der Waals surface area contributed by atoms with Gasteiger partial charge in [0.05, 0.1) is 19.4 Å². The van der Waals surface area contributed by atoms with Gasteiger partial charge in [0.2, 0.25) is 0 Å². The number of fused-ring (bicyclic) bond motifs is 1. The molecule has 2 aromatic rings. The van der Waals surface area contributed by atoms with Gasteiger partial charge in [0.1, 0.15) is 12.2 Å². The first-order valence-electron chi connectivity index (χ1n) is 9.22. The minimum atomic E-state index is -0.671. The normalized spacial score (nSPS) is 24.4. The largest absolute Gasteiger partial charge is 0.459 e. The third-order valence-electron chi connectivity index (χ3n) is 5.63. The van der Waals surface area contributed by atoms with E-state index in [4.69, 9.17) is 9.15 Å². The van der Waals surface area contributed by atoms with Crippen LogP contribution in [-0.2, 0) is 24.4 Å². The van der Waals surface area contributed by atoms with Crippen LogP contribution in [0.4, 0.5) is 0 Å². The molecule has 9 nitrogen and oxygen atoms in total. The molecule has 5 rings (SSSR count). The average molecular weight is 372 g/mol. The minimum Gasteiger partial charge on any atom is -0.459 e. The molecular weight excluding hydrogens is 352 g/mol. The van der Waals surface area contributed by atoms with Crippen LogP contribution in [0.1, 0.15) is 35.6 Å². The van der Waals surface area contributed by atoms with Crippen LogP contribution in [0.5, 0.6) is 0 Å². The molecule has 1 atom stereocenters. The summed E-state index contributed by atoms with van der Waals surface area (Å²) in [5, 5.41) is 4.35. The van der Waals surface area contributed by atoms with E-state index in [-0.39, 0.29) is 24.8 Å². The van der Waals surface area contributed by atoms with Crippen molar-refractivity contribution < 1.29 is 13.9 Å². The van der Waals surface area contributed by atoms with Gasteiger partial charge in [-0.05, 0) is 37.3 Å². The van der Waals surface area contributed by atoms with Crippen molar-refractivity contribution in [2.75, 3.05) is 13.1 Å². The van der Waals surface area contributed by atoms with E-state index in [1.165, 1.54) is 15.5 Å². The van der Waals surface area contributed by atoms with Gasteiger partial charge in [0.25, 0.3) is 5.91 Å². The van der Waals surface area contributed by atoms with E-state index >= 15 is 0 Å². The Balaban J connectivity index is 1.39. The number of nitrogens with zero attached hydrogens (tertiary/aromatic N) is 4. The van der Waals surface area contributed by atoms with Crippen LogP contribution in [0.3, 0.4) is 0 Å². The Hall–Kier alpha value is -2.68. The highest BCUT2D eigenvalue weighted by Crippen LogP contribution is 2.32. The molecule has 0 bridgehead atoms. The summed E-state index contributed by atoms with van der Waals surface area (Å²) in [7, 11) is 0. The van der Waals surface area contributed by atoms with Crippen LogP contribution in [0.25, 0.3) is 0 Å². The molecule has 3 aliphatic rings. The zero-order chi connectivity index (χ0) is 18.6. The van der Waals surface area contributed by atoms with E-state index in [1.807, 2.05) is 0 Å². The molecule has 1 saturated heterocycles. The Morgan fingerprint density at radius 1 is 1.26 bits per heavy atom. The highest BCUT2D eigenvalue weighted by molar-refractivity contribution is 5.91. The number of hydrogen-bond acceptors (Lipinski definition) is 6. The molecule has 2 aliphatic heterocycles. The van der Waals surface area contributed by atoms with Gasteiger partial charge in [-0.2, -0.15) is 5.10 Å². The predicted octanol–water partition coefficient (Wildman–Crippen LogP) is 0.223. The lowest BCUT2D eigenvalue weighted by atomic mass is 10.0. The Morgan fingerprint density at radius 3 is 2.85 bits per heavy atom. The molecule has 27 heavy (non-hydrogen) atoms. The number of rotatable bonds is 3. The van der Waals surface area contributed by atoms with E-state index in [9.17, 15) is 14.4 Å². The molecule has 0 radical (unpaired) electrons. The number of hydrogen-bond donors (Lipinski definition) is 0. The summed E-state index contributed by atoms with van der Waals surface area (Å²) in [5.74, 6) is 1.01. The Labute approximate surface area is 154 Å². The van der Waals surface area contributed by atoms with Crippen molar-refractivity contribution >= 4 is 5.91 Å². The van der Waals surface area contributed by atoms with Gasteiger partial charge < -0.3 is 14.1 Å². The van der Waals surface area contributed by atoms with Crippen molar-refractivity contribution in [3.8, 4) is 0 Å². The van der Waals surface area contributed by atoms with Crippen molar-refractivity contribution in [3.63, 3.8) is 0 Å². The fourth-order valence-corrected chi connectivity index (χ4v) is 3.89. The number of amides is 1. The summed E-state index contributed by atoms with van der Waals surface area (Å²) in [5.41, 5.74) is -1.81. The lowest BCUT2D eigenvalue weighted by molar-refractivity contribution is -0.0843. The van der Waals surface area contributed by atoms with Gasteiger partial charge in [-0.25, -0.2) is 4.68 Å². The van der Waals surface area contributed by atoms with Gasteiger partial charge in [0, 0.05) is 13.1 Å². The van der Waals surface area contributed by atoms with Crippen molar-refractivity contribution in [1.29, 1.82) is 0 Å². The van der Waals surface area contributed by atoms with Gasteiger partial charge in [-0.3, -0.25) is 19.0 Å². The SMILES string of the molecule is O=C(c1ccco1)N1CC[C@@]2(C1)Cn1c(nn(CC3CC3)c(=O)c1=O)CO2. The van der Waals surface area contributed by atoms with Crippen LogP contribution in [0, 0.1) is 5.92 Å². The standard InChI is InChI=1S/C18H20N4O5/c23-15(13-2-1-7-26-13)20-6-5-18(10-20)11-21-14(9-27-18)19-22(8-12-3-4-12)17(25)16(21)24/h1-2,7,12H,3-6,8-11H2/t18-/m1/s1. The molecule has 1 spiro atoms. The van der Waals surface area contributed by atoms with Gasteiger partial charge in [-0.15, -0.1) is 0 Å². The average Bonchev–Trinajstić information content (AvgIpc) is 3.16. The first-order chi connectivity index (χ1) is 13.0. The molecule has 0 N–H and O–H groups in total. The quantitative estimate of drug-likeness (QED) is 0.715. The summed E-state index contributed by atoms with van der Waals surface area (Å²) in [6.45, 7) is 1.75. The molecule has 2 aromatic heterocycles. The number of likely N-dealkylation sites (tertiary alicyclic amines) is 1. The Morgan fingerprint density at radius 2 is 2.11 bits per heavy atom. The zero-order valence-electron chi connectivity index (χ0n) is 14.8. The maximum absolute atomic E-state index is 12.6. The Kier molecular flexibility index (Phi) is 3.61. The second-order valence-corrected chi connectivity index (χ2v) is 7.66. The van der Waals surface area contributed by atoms with E-state index in [0.29, 0.717) is 37.8 Å². The molecule has 0 unspecified atom stereocenters. The molecule has 0 aromatic carbocycles. The number of furan rings is 1. The third kappa shape index (κ3) is 2.82. The highest BCUT2D eigenvalue weighted by atomic mass is 16.5. The number of carbonyl (C=O) groups is 1. The maximum Gasteiger partial charge on any atom is 0.332 e. The lowest BCUT2D eigenvalue weighted by Crippen LogP contribution is -2.53. The fraction of sp³-hybridized carbons (Fsp3) is 0.556. The number of ether oxygens (including phenoxy) is 1. The predicted molar refractivity (Wildman–Crippen MR) is 92.2 cm³/mol.